The van der Waals surface area contributed by atoms with E-state index in [1.165, 1.54) is 7.11 Å². The Morgan fingerprint density at radius 3 is 2.44 bits per heavy atom. The first-order chi connectivity index (χ1) is 13.0. The smallest absolute Gasteiger partial charge is 0.311 e. The van der Waals surface area contributed by atoms with Gasteiger partial charge in [-0.2, -0.15) is 0 Å². The molecule has 0 spiro atoms. The van der Waals surface area contributed by atoms with Crippen LogP contribution in [0.5, 0.6) is 0 Å². The molecule has 1 N–H and O–H groups in total. The fraction of sp³-hybridized carbons (Fsp3) is 0.750. The van der Waals surface area contributed by atoms with Crippen molar-refractivity contribution in [1.29, 1.82) is 0 Å². The second-order valence-electron chi connectivity index (χ2n) is 8.37. The summed E-state index contributed by atoms with van der Waals surface area (Å²) >= 11 is 0. The van der Waals surface area contributed by atoms with Crippen LogP contribution in [-0.2, 0) is 9.53 Å². The summed E-state index contributed by atoms with van der Waals surface area (Å²) in [5.74, 6) is 2.23. The molecule has 1 aromatic rings. The number of carbonyl (C=O) groups is 1. The van der Waals surface area contributed by atoms with E-state index in [0.717, 1.165) is 63.5 Å². The van der Waals surface area contributed by atoms with Crippen LogP contribution in [0, 0.1) is 17.3 Å². The summed E-state index contributed by atoms with van der Waals surface area (Å²) in [6, 6.07) is 2.05. The third-order valence-corrected chi connectivity index (χ3v) is 6.22. The summed E-state index contributed by atoms with van der Waals surface area (Å²) in [4.78, 5) is 25.7. The van der Waals surface area contributed by atoms with Gasteiger partial charge in [-0.25, -0.2) is 9.97 Å². The lowest BCUT2D eigenvalue weighted by Gasteiger charge is -2.40. The predicted octanol–water partition coefficient (Wildman–Crippen LogP) is 2.10. The van der Waals surface area contributed by atoms with Gasteiger partial charge in [0.2, 0.25) is 0 Å². The number of aromatic nitrogens is 2. The highest BCUT2D eigenvalue weighted by atomic mass is 16.5. The largest absolute Gasteiger partial charge is 0.469 e. The molecule has 7 heteroatoms. The summed E-state index contributed by atoms with van der Waals surface area (Å²) < 4.78 is 5.02. The Balaban J connectivity index is 1.73. The monoisotopic (exact) mass is 376 g/mol. The molecule has 0 bridgehead atoms. The van der Waals surface area contributed by atoms with E-state index in [9.17, 15) is 9.90 Å². The minimum atomic E-state index is -0.509. The molecule has 2 aliphatic rings. The maximum absolute atomic E-state index is 12.2. The molecule has 0 aromatic carbocycles. The highest BCUT2D eigenvalue weighted by Crippen LogP contribution is 2.36. The molecule has 7 nitrogen and oxygen atoms in total. The molecule has 2 fully saturated rings. The molecule has 27 heavy (non-hydrogen) atoms. The molecule has 0 saturated carbocycles. The summed E-state index contributed by atoms with van der Waals surface area (Å²) in [5, 5.41) is 9.48. The molecular weight excluding hydrogens is 344 g/mol. The molecule has 3 rings (SSSR count). The van der Waals surface area contributed by atoms with E-state index < -0.39 is 5.41 Å². The quantitative estimate of drug-likeness (QED) is 0.789. The van der Waals surface area contributed by atoms with Crippen LogP contribution in [0.2, 0.25) is 0 Å². The minimum absolute atomic E-state index is 0.152. The number of rotatable bonds is 5. The Bertz CT molecular complexity index is 652. The summed E-state index contributed by atoms with van der Waals surface area (Å²) in [7, 11) is 1.46. The molecule has 2 unspecified atom stereocenters. The van der Waals surface area contributed by atoms with Crippen molar-refractivity contribution in [2.45, 2.75) is 39.5 Å². The van der Waals surface area contributed by atoms with Gasteiger partial charge >= 0.3 is 5.97 Å². The zero-order chi connectivity index (χ0) is 19.4. The molecule has 2 atom stereocenters. The van der Waals surface area contributed by atoms with E-state index >= 15 is 0 Å². The fourth-order valence-electron chi connectivity index (χ4n) is 4.31. The molecule has 0 radical (unpaired) electrons. The maximum atomic E-state index is 12.2. The Morgan fingerprint density at radius 1 is 1.19 bits per heavy atom. The molecule has 3 heterocycles. The van der Waals surface area contributed by atoms with Crippen LogP contribution < -0.4 is 9.80 Å². The Labute approximate surface area is 161 Å². The van der Waals surface area contributed by atoms with E-state index in [2.05, 4.69) is 19.8 Å². The van der Waals surface area contributed by atoms with Crippen LogP contribution in [0.15, 0.2) is 12.4 Å². The normalized spacial score (nSPS) is 24.0. The van der Waals surface area contributed by atoms with Gasteiger partial charge in [0.05, 0.1) is 12.5 Å². The van der Waals surface area contributed by atoms with Crippen molar-refractivity contribution in [1.82, 2.24) is 9.97 Å². The fourth-order valence-corrected chi connectivity index (χ4v) is 4.31. The summed E-state index contributed by atoms with van der Waals surface area (Å²) in [5.41, 5.74) is -0.509. The number of ether oxygens (including phenoxy) is 1. The van der Waals surface area contributed by atoms with Crippen molar-refractivity contribution in [2.24, 2.45) is 17.3 Å². The van der Waals surface area contributed by atoms with Crippen molar-refractivity contribution in [3.63, 3.8) is 0 Å². The van der Waals surface area contributed by atoms with Gasteiger partial charge in [-0.15, -0.1) is 0 Å². The highest BCUT2D eigenvalue weighted by Gasteiger charge is 2.40. The SMILES string of the molecule is COC(=O)C(C)(C)C1CCCN(c2cc(N3CCCC(CO)C3)ncn2)C1. The van der Waals surface area contributed by atoms with Crippen molar-refractivity contribution in [3.05, 3.63) is 12.4 Å². The van der Waals surface area contributed by atoms with Crippen LogP contribution >= 0.6 is 0 Å². The lowest BCUT2D eigenvalue weighted by molar-refractivity contribution is -0.154. The van der Waals surface area contributed by atoms with E-state index in [-0.39, 0.29) is 18.5 Å². The van der Waals surface area contributed by atoms with Gasteiger partial charge in [0.15, 0.2) is 0 Å². The number of esters is 1. The van der Waals surface area contributed by atoms with Gasteiger partial charge in [0.1, 0.15) is 18.0 Å². The van der Waals surface area contributed by atoms with Crippen LogP contribution in [0.25, 0.3) is 0 Å². The van der Waals surface area contributed by atoms with Crippen molar-refractivity contribution in [3.8, 4) is 0 Å². The lowest BCUT2D eigenvalue weighted by atomic mass is 9.74. The van der Waals surface area contributed by atoms with E-state index in [1.54, 1.807) is 6.33 Å². The number of hydrogen-bond acceptors (Lipinski definition) is 7. The molecule has 0 amide bonds. The maximum Gasteiger partial charge on any atom is 0.311 e. The topological polar surface area (TPSA) is 78.8 Å². The zero-order valence-electron chi connectivity index (χ0n) is 16.7. The number of methoxy groups -OCH3 is 1. The standard InChI is InChI=1S/C20H32N4O3/c1-20(2,19(26)27-3)16-7-5-9-24(12-16)18-10-17(21-14-22-18)23-8-4-6-15(11-23)13-25/h10,14-16,25H,4-9,11-13H2,1-3H3. The molecule has 150 valence electrons. The van der Waals surface area contributed by atoms with Gasteiger partial charge < -0.3 is 19.6 Å². The number of piperidine rings is 2. The van der Waals surface area contributed by atoms with Gasteiger partial charge in [-0.05, 0) is 51.4 Å². The van der Waals surface area contributed by atoms with Crippen LogP contribution in [0.3, 0.4) is 0 Å². The highest BCUT2D eigenvalue weighted by molar-refractivity contribution is 5.76. The van der Waals surface area contributed by atoms with Crippen LogP contribution in [0.1, 0.15) is 39.5 Å². The van der Waals surface area contributed by atoms with Crippen LogP contribution in [0.4, 0.5) is 11.6 Å². The number of anilines is 2. The van der Waals surface area contributed by atoms with Gasteiger partial charge in [0, 0.05) is 38.9 Å². The first-order valence-corrected chi connectivity index (χ1v) is 9.97. The lowest BCUT2D eigenvalue weighted by Crippen LogP contribution is -2.45. The summed E-state index contributed by atoms with van der Waals surface area (Å²) in [6.45, 7) is 7.70. The average Bonchev–Trinajstić information content (AvgIpc) is 2.73. The molecule has 1 aromatic heterocycles. The number of aliphatic hydroxyl groups excluding tert-OH is 1. The Kier molecular flexibility index (Phi) is 6.19. The van der Waals surface area contributed by atoms with Gasteiger partial charge in [0.25, 0.3) is 0 Å². The van der Waals surface area contributed by atoms with Gasteiger partial charge in [-0.1, -0.05) is 0 Å². The third kappa shape index (κ3) is 4.34. The molecule has 0 aliphatic carbocycles. The van der Waals surface area contributed by atoms with E-state index in [0.29, 0.717) is 5.92 Å². The Morgan fingerprint density at radius 2 is 1.81 bits per heavy atom. The third-order valence-electron chi connectivity index (χ3n) is 6.22. The van der Waals surface area contributed by atoms with Crippen LogP contribution in [-0.4, -0.2) is 60.9 Å². The molecule has 2 saturated heterocycles. The number of hydrogen-bond donors (Lipinski definition) is 1. The zero-order valence-corrected chi connectivity index (χ0v) is 16.7. The second kappa shape index (κ2) is 8.42. The van der Waals surface area contributed by atoms with E-state index in [4.69, 9.17) is 4.74 Å². The minimum Gasteiger partial charge on any atom is -0.469 e. The summed E-state index contributed by atoms with van der Waals surface area (Å²) in [6.07, 6.45) is 5.81. The first kappa shape index (κ1) is 19.9. The number of carbonyl (C=O) groups excluding carboxylic acids is 1. The van der Waals surface area contributed by atoms with Crippen molar-refractivity contribution in [2.75, 3.05) is 49.7 Å². The number of nitrogens with zero attached hydrogens (tertiary/aromatic N) is 4. The molecular formula is C20H32N4O3. The number of aliphatic hydroxyl groups is 1. The van der Waals surface area contributed by atoms with Crippen molar-refractivity contribution >= 4 is 17.6 Å². The van der Waals surface area contributed by atoms with E-state index in [1.807, 2.05) is 19.9 Å². The Hall–Kier alpha value is -1.89. The van der Waals surface area contributed by atoms with Gasteiger partial charge in [-0.3, -0.25) is 4.79 Å². The first-order valence-electron chi connectivity index (χ1n) is 9.97. The predicted molar refractivity (Wildman–Crippen MR) is 105 cm³/mol. The van der Waals surface area contributed by atoms with Crippen molar-refractivity contribution < 1.29 is 14.6 Å². The second-order valence-corrected chi connectivity index (χ2v) is 8.37. The molecule has 2 aliphatic heterocycles. The average molecular weight is 377 g/mol.